The standard InChI is InChI=1S/C17H17N3/c1-12-19-10-9-16(20-12)17(18-2)15-8-7-13-5-3-4-6-14(13)11-15/h3-11,17-18H,1-2H3. The number of nitrogens with one attached hydrogen (secondary N) is 1. The predicted octanol–water partition coefficient (Wildman–Crippen LogP) is 3.25. The lowest BCUT2D eigenvalue weighted by Gasteiger charge is -2.17. The molecule has 0 bridgehead atoms. The molecule has 3 rings (SSSR count). The van der Waals surface area contributed by atoms with Crippen LogP contribution in [0.15, 0.2) is 54.7 Å². The lowest BCUT2D eigenvalue weighted by Crippen LogP contribution is -2.19. The molecule has 0 amide bonds. The fourth-order valence-corrected chi connectivity index (χ4v) is 2.51. The van der Waals surface area contributed by atoms with Gasteiger partial charge in [0.15, 0.2) is 0 Å². The Hall–Kier alpha value is -2.26. The molecular weight excluding hydrogens is 246 g/mol. The Labute approximate surface area is 118 Å². The summed E-state index contributed by atoms with van der Waals surface area (Å²) < 4.78 is 0. The minimum atomic E-state index is 0.0845. The van der Waals surface area contributed by atoms with Crippen molar-refractivity contribution in [3.05, 3.63) is 71.8 Å². The number of rotatable bonds is 3. The average Bonchev–Trinajstić information content (AvgIpc) is 2.48. The van der Waals surface area contributed by atoms with Gasteiger partial charge in [0.2, 0.25) is 0 Å². The summed E-state index contributed by atoms with van der Waals surface area (Å²) in [5.41, 5.74) is 2.21. The lowest BCUT2D eigenvalue weighted by atomic mass is 9.99. The molecule has 3 nitrogen and oxygen atoms in total. The number of aromatic nitrogens is 2. The van der Waals surface area contributed by atoms with Gasteiger partial charge in [-0.15, -0.1) is 0 Å². The predicted molar refractivity (Wildman–Crippen MR) is 81.6 cm³/mol. The van der Waals surface area contributed by atoms with Crippen molar-refractivity contribution in [2.75, 3.05) is 7.05 Å². The average molecular weight is 263 g/mol. The Morgan fingerprint density at radius 1 is 1.00 bits per heavy atom. The lowest BCUT2D eigenvalue weighted by molar-refractivity contribution is 0.665. The number of benzene rings is 2. The Morgan fingerprint density at radius 2 is 1.80 bits per heavy atom. The smallest absolute Gasteiger partial charge is 0.125 e. The van der Waals surface area contributed by atoms with E-state index in [9.17, 15) is 0 Å². The van der Waals surface area contributed by atoms with Gasteiger partial charge in [0, 0.05) is 6.20 Å². The van der Waals surface area contributed by atoms with Crippen LogP contribution in [0.5, 0.6) is 0 Å². The van der Waals surface area contributed by atoms with E-state index in [0.29, 0.717) is 0 Å². The van der Waals surface area contributed by atoms with Gasteiger partial charge in [-0.3, -0.25) is 0 Å². The van der Waals surface area contributed by atoms with E-state index >= 15 is 0 Å². The maximum absolute atomic E-state index is 4.53. The van der Waals surface area contributed by atoms with Crippen LogP contribution in [-0.4, -0.2) is 17.0 Å². The zero-order chi connectivity index (χ0) is 13.9. The van der Waals surface area contributed by atoms with Crippen molar-refractivity contribution in [3.8, 4) is 0 Å². The molecule has 0 radical (unpaired) electrons. The summed E-state index contributed by atoms with van der Waals surface area (Å²) in [6.45, 7) is 1.91. The number of hydrogen-bond acceptors (Lipinski definition) is 3. The summed E-state index contributed by atoms with van der Waals surface area (Å²) in [4.78, 5) is 8.69. The first-order valence-corrected chi connectivity index (χ1v) is 6.73. The largest absolute Gasteiger partial charge is 0.308 e. The van der Waals surface area contributed by atoms with Crippen molar-refractivity contribution in [1.82, 2.24) is 15.3 Å². The molecule has 1 aromatic heterocycles. The Kier molecular flexibility index (Phi) is 3.44. The van der Waals surface area contributed by atoms with Crippen molar-refractivity contribution in [3.63, 3.8) is 0 Å². The normalized spacial score (nSPS) is 12.5. The molecule has 20 heavy (non-hydrogen) atoms. The van der Waals surface area contributed by atoms with Gasteiger partial charge >= 0.3 is 0 Å². The maximum Gasteiger partial charge on any atom is 0.125 e. The Balaban J connectivity index is 2.07. The fraction of sp³-hybridized carbons (Fsp3) is 0.176. The van der Waals surface area contributed by atoms with Gasteiger partial charge in [-0.25, -0.2) is 9.97 Å². The molecule has 3 aromatic rings. The van der Waals surface area contributed by atoms with Gasteiger partial charge in [-0.05, 0) is 42.4 Å². The molecule has 0 saturated carbocycles. The van der Waals surface area contributed by atoms with Crippen molar-refractivity contribution < 1.29 is 0 Å². The van der Waals surface area contributed by atoms with Crippen LogP contribution in [-0.2, 0) is 0 Å². The molecule has 2 aromatic carbocycles. The number of hydrogen-bond donors (Lipinski definition) is 1. The molecule has 0 fully saturated rings. The topological polar surface area (TPSA) is 37.8 Å². The third kappa shape index (κ3) is 2.40. The monoisotopic (exact) mass is 263 g/mol. The zero-order valence-corrected chi connectivity index (χ0v) is 11.7. The van der Waals surface area contributed by atoms with E-state index in [2.05, 4.69) is 57.7 Å². The molecule has 0 aliphatic rings. The first-order chi connectivity index (χ1) is 9.78. The molecule has 1 unspecified atom stereocenters. The first kappa shape index (κ1) is 12.8. The second-order valence-electron chi connectivity index (χ2n) is 4.86. The third-order valence-electron chi connectivity index (χ3n) is 3.49. The molecule has 0 spiro atoms. The summed E-state index contributed by atoms with van der Waals surface area (Å²) in [5, 5.41) is 5.84. The summed E-state index contributed by atoms with van der Waals surface area (Å²) in [5.74, 6) is 0.795. The van der Waals surface area contributed by atoms with E-state index in [4.69, 9.17) is 0 Å². The van der Waals surface area contributed by atoms with E-state index in [1.807, 2.05) is 26.2 Å². The van der Waals surface area contributed by atoms with Crippen LogP contribution in [0.3, 0.4) is 0 Å². The molecule has 0 aliphatic carbocycles. The van der Waals surface area contributed by atoms with Gasteiger partial charge in [-0.1, -0.05) is 36.4 Å². The second kappa shape index (κ2) is 5.39. The van der Waals surface area contributed by atoms with Crippen LogP contribution >= 0.6 is 0 Å². The van der Waals surface area contributed by atoms with E-state index in [0.717, 1.165) is 11.5 Å². The van der Waals surface area contributed by atoms with E-state index in [1.165, 1.54) is 16.3 Å². The molecule has 0 saturated heterocycles. The molecular formula is C17H17N3. The van der Waals surface area contributed by atoms with Crippen LogP contribution in [0.1, 0.15) is 23.1 Å². The second-order valence-corrected chi connectivity index (χ2v) is 4.86. The van der Waals surface area contributed by atoms with Crippen molar-refractivity contribution in [2.24, 2.45) is 0 Å². The van der Waals surface area contributed by atoms with E-state index in [-0.39, 0.29) is 6.04 Å². The Bertz CT molecular complexity index is 737. The molecule has 100 valence electrons. The zero-order valence-electron chi connectivity index (χ0n) is 11.7. The minimum absolute atomic E-state index is 0.0845. The summed E-state index contributed by atoms with van der Waals surface area (Å²) in [7, 11) is 1.96. The van der Waals surface area contributed by atoms with E-state index in [1.54, 1.807) is 0 Å². The van der Waals surface area contributed by atoms with Crippen molar-refractivity contribution in [2.45, 2.75) is 13.0 Å². The quantitative estimate of drug-likeness (QED) is 0.788. The highest BCUT2D eigenvalue weighted by Gasteiger charge is 2.14. The first-order valence-electron chi connectivity index (χ1n) is 6.73. The molecule has 3 heteroatoms. The summed E-state index contributed by atoms with van der Waals surface area (Å²) in [6, 6.07) is 17.0. The Morgan fingerprint density at radius 3 is 2.55 bits per heavy atom. The summed E-state index contributed by atoms with van der Waals surface area (Å²) in [6.07, 6.45) is 1.81. The highest BCUT2D eigenvalue weighted by molar-refractivity contribution is 5.83. The maximum atomic E-state index is 4.53. The number of aryl methyl sites for hydroxylation is 1. The van der Waals surface area contributed by atoms with Crippen LogP contribution in [0.25, 0.3) is 10.8 Å². The number of nitrogens with zero attached hydrogens (tertiary/aromatic N) is 2. The summed E-state index contributed by atoms with van der Waals surface area (Å²) >= 11 is 0. The fourth-order valence-electron chi connectivity index (χ4n) is 2.51. The van der Waals surface area contributed by atoms with Crippen LogP contribution in [0, 0.1) is 6.92 Å². The van der Waals surface area contributed by atoms with Gasteiger partial charge in [0.05, 0.1) is 11.7 Å². The van der Waals surface area contributed by atoms with Gasteiger partial charge < -0.3 is 5.32 Å². The molecule has 0 aliphatic heterocycles. The van der Waals surface area contributed by atoms with Gasteiger partial charge in [0.1, 0.15) is 5.82 Å². The SMILES string of the molecule is CNC(c1ccc2ccccc2c1)c1ccnc(C)n1. The van der Waals surface area contributed by atoms with Gasteiger partial charge in [0.25, 0.3) is 0 Å². The molecule has 1 atom stereocenters. The van der Waals surface area contributed by atoms with Crippen LogP contribution in [0.4, 0.5) is 0 Å². The molecule has 1 N–H and O–H groups in total. The van der Waals surface area contributed by atoms with Crippen LogP contribution < -0.4 is 5.32 Å². The third-order valence-corrected chi connectivity index (χ3v) is 3.49. The van der Waals surface area contributed by atoms with E-state index < -0.39 is 0 Å². The number of fused-ring (bicyclic) bond motifs is 1. The van der Waals surface area contributed by atoms with Crippen molar-refractivity contribution >= 4 is 10.8 Å². The minimum Gasteiger partial charge on any atom is -0.308 e. The van der Waals surface area contributed by atoms with Gasteiger partial charge in [-0.2, -0.15) is 0 Å². The van der Waals surface area contributed by atoms with Crippen LogP contribution in [0.2, 0.25) is 0 Å². The molecule has 1 heterocycles. The highest BCUT2D eigenvalue weighted by Crippen LogP contribution is 2.24. The van der Waals surface area contributed by atoms with Crippen molar-refractivity contribution in [1.29, 1.82) is 0 Å². The highest BCUT2D eigenvalue weighted by atomic mass is 14.9.